The molecule has 0 spiro atoms. The van der Waals surface area contributed by atoms with Gasteiger partial charge in [0, 0.05) is 12.2 Å². The molecule has 0 heterocycles. The van der Waals surface area contributed by atoms with Crippen LogP contribution in [0.25, 0.3) is 0 Å². The maximum absolute atomic E-state index is 9.96. The van der Waals surface area contributed by atoms with Crippen molar-refractivity contribution in [1.82, 2.24) is 0 Å². The third-order valence-electron chi connectivity index (χ3n) is 3.34. The summed E-state index contributed by atoms with van der Waals surface area (Å²) in [4.78, 5) is 0. The van der Waals surface area contributed by atoms with Crippen LogP contribution in [0.5, 0.6) is 0 Å². The van der Waals surface area contributed by atoms with E-state index in [1.165, 1.54) is 11.1 Å². The lowest BCUT2D eigenvalue weighted by Gasteiger charge is -2.15. The van der Waals surface area contributed by atoms with E-state index >= 15 is 0 Å². The van der Waals surface area contributed by atoms with Crippen molar-refractivity contribution >= 4 is 5.69 Å². The Hall–Kier alpha value is -1.84. The third kappa shape index (κ3) is 5.21. The number of hydrogen-bond acceptors (Lipinski definition) is 3. The van der Waals surface area contributed by atoms with E-state index < -0.39 is 6.10 Å². The van der Waals surface area contributed by atoms with Gasteiger partial charge in [-0.3, -0.25) is 0 Å². The number of ether oxygens (including phenoxy) is 1. The lowest BCUT2D eigenvalue weighted by Crippen LogP contribution is -2.25. The molecule has 112 valence electrons. The Morgan fingerprint density at radius 2 is 1.86 bits per heavy atom. The molecule has 0 amide bonds. The first-order valence-corrected chi connectivity index (χ1v) is 7.26. The van der Waals surface area contributed by atoms with Crippen molar-refractivity contribution in [3.8, 4) is 0 Å². The van der Waals surface area contributed by atoms with Crippen molar-refractivity contribution in [1.29, 1.82) is 0 Å². The van der Waals surface area contributed by atoms with Gasteiger partial charge in [0.25, 0.3) is 0 Å². The molecule has 2 aromatic rings. The van der Waals surface area contributed by atoms with Gasteiger partial charge in [-0.15, -0.1) is 0 Å². The number of aryl methyl sites for hydroxylation is 2. The highest BCUT2D eigenvalue weighted by Gasteiger charge is 2.06. The number of benzene rings is 2. The Balaban J connectivity index is 1.72. The Kier molecular flexibility index (Phi) is 5.78. The summed E-state index contributed by atoms with van der Waals surface area (Å²) < 4.78 is 5.53. The molecule has 0 saturated carbocycles. The highest BCUT2D eigenvalue weighted by Crippen LogP contribution is 2.16. The van der Waals surface area contributed by atoms with Crippen LogP contribution in [0.2, 0.25) is 0 Å². The van der Waals surface area contributed by atoms with Crippen LogP contribution in [0.4, 0.5) is 5.69 Å². The summed E-state index contributed by atoms with van der Waals surface area (Å²) in [7, 11) is 0. The molecular weight excluding hydrogens is 262 g/mol. The molecule has 2 aromatic carbocycles. The van der Waals surface area contributed by atoms with Gasteiger partial charge >= 0.3 is 0 Å². The summed E-state index contributed by atoms with van der Waals surface area (Å²) in [6.07, 6.45) is -0.520. The zero-order valence-electron chi connectivity index (χ0n) is 12.7. The zero-order valence-corrected chi connectivity index (χ0v) is 12.7. The van der Waals surface area contributed by atoms with E-state index in [0.717, 1.165) is 11.3 Å². The number of aliphatic hydroxyl groups is 1. The minimum atomic E-state index is -0.520. The quantitative estimate of drug-likeness (QED) is 0.820. The molecule has 21 heavy (non-hydrogen) atoms. The molecule has 0 aliphatic heterocycles. The van der Waals surface area contributed by atoms with Crippen LogP contribution in [0, 0.1) is 13.8 Å². The van der Waals surface area contributed by atoms with E-state index in [-0.39, 0.29) is 0 Å². The predicted octanol–water partition coefficient (Wildman–Crippen LogP) is 3.29. The van der Waals surface area contributed by atoms with Gasteiger partial charge in [-0.2, -0.15) is 0 Å². The summed E-state index contributed by atoms with van der Waals surface area (Å²) in [5.74, 6) is 0. The molecule has 0 saturated heterocycles. The summed E-state index contributed by atoms with van der Waals surface area (Å²) in [6, 6.07) is 16.2. The lowest BCUT2D eigenvalue weighted by atomic mass is 10.1. The van der Waals surface area contributed by atoms with E-state index in [4.69, 9.17) is 4.74 Å². The standard InChI is InChI=1S/C18H23NO2/c1-14-8-9-15(2)18(10-14)19-11-17(20)13-21-12-16-6-4-3-5-7-16/h3-10,17,19-20H,11-13H2,1-2H3. The number of hydrogen-bond donors (Lipinski definition) is 2. The van der Waals surface area contributed by atoms with Crippen LogP contribution in [0.3, 0.4) is 0 Å². The van der Waals surface area contributed by atoms with Crippen molar-refractivity contribution in [2.24, 2.45) is 0 Å². The van der Waals surface area contributed by atoms with Crippen molar-refractivity contribution in [3.05, 3.63) is 65.2 Å². The van der Waals surface area contributed by atoms with Crippen LogP contribution < -0.4 is 5.32 Å². The molecule has 0 aromatic heterocycles. The largest absolute Gasteiger partial charge is 0.389 e. The SMILES string of the molecule is Cc1ccc(C)c(NCC(O)COCc2ccccc2)c1. The average molecular weight is 285 g/mol. The van der Waals surface area contributed by atoms with E-state index in [0.29, 0.717) is 19.8 Å². The normalized spacial score (nSPS) is 12.1. The molecule has 3 nitrogen and oxygen atoms in total. The summed E-state index contributed by atoms with van der Waals surface area (Å²) in [5.41, 5.74) is 4.57. The van der Waals surface area contributed by atoms with Crippen molar-refractivity contribution in [2.45, 2.75) is 26.6 Å². The topological polar surface area (TPSA) is 41.5 Å². The molecule has 2 rings (SSSR count). The molecule has 2 N–H and O–H groups in total. The second-order valence-corrected chi connectivity index (χ2v) is 5.35. The van der Waals surface area contributed by atoms with E-state index in [9.17, 15) is 5.11 Å². The first kappa shape index (κ1) is 15.5. The van der Waals surface area contributed by atoms with Crippen LogP contribution in [-0.4, -0.2) is 24.4 Å². The second-order valence-electron chi connectivity index (χ2n) is 5.35. The fourth-order valence-corrected chi connectivity index (χ4v) is 2.10. The maximum Gasteiger partial charge on any atom is 0.0945 e. The van der Waals surface area contributed by atoms with Crippen molar-refractivity contribution in [2.75, 3.05) is 18.5 Å². The molecular formula is C18H23NO2. The Bertz CT molecular complexity index is 554. The monoisotopic (exact) mass is 285 g/mol. The number of rotatable bonds is 7. The summed E-state index contributed by atoms with van der Waals surface area (Å²) in [5, 5.41) is 13.2. The van der Waals surface area contributed by atoms with Gasteiger partial charge < -0.3 is 15.2 Å². The van der Waals surface area contributed by atoms with Crippen LogP contribution >= 0.6 is 0 Å². The first-order valence-electron chi connectivity index (χ1n) is 7.26. The smallest absolute Gasteiger partial charge is 0.0945 e. The van der Waals surface area contributed by atoms with E-state index in [1.807, 2.05) is 30.3 Å². The molecule has 0 fully saturated rings. The summed E-state index contributed by atoms with van der Waals surface area (Å²) >= 11 is 0. The van der Waals surface area contributed by atoms with Gasteiger partial charge in [-0.1, -0.05) is 42.5 Å². The molecule has 1 atom stereocenters. The average Bonchev–Trinajstić information content (AvgIpc) is 2.49. The molecule has 0 aliphatic rings. The van der Waals surface area contributed by atoms with Gasteiger partial charge in [-0.25, -0.2) is 0 Å². The molecule has 3 heteroatoms. The van der Waals surface area contributed by atoms with Crippen LogP contribution in [0.15, 0.2) is 48.5 Å². The zero-order chi connectivity index (χ0) is 15.1. The van der Waals surface area contributed by atoms with Crippen LogP contribution in [-0.2, 0) is 11.3 Å². The van der Waals surface area contributed by atoms with E-state index in [2.05, 4.69) is 37.4 Å². The highest BCUT2D eigenvalue weighted by atomic mass is 16.5. The second kappa shape index (κ2) is 7.81. The van der Waals surface area contributed by atoms with Gasteiger partial charge in [0.1, 0.15) is 0 Å². The number of anilines is 1. The van der Waals surface area contributed by atoms with Gasteiger partial charge in [0.2, 0.25) is 0 Å². The van der Waals surface area contributed by atoms with Gasteiger partial charge in [0.05, 0.1) is 19.3 Å². The highest BCUT2D eigenvalue weighted by molar-refractivity contribution is 5.52. The van der Waals surface area contributed by atoms with E-state index in [1.54, 1.807) is 0 Å². The predicted molar refractivity (Wildman–Crippen MR) is 86.5 cm³/mol. The van der Waals surface area contributed by atoms with Crippen molar-refractivity contribution < 1.29 is 9.84 Å². The fraction of sp³-hybridized carbons (Fsp3) is 0.333. The Morgan fingerprint density at radius 1 is 1.10 bits per heavy atom. The molecule has 0 aliphatic carbocycles. The van der Waals surface area contributed by atoms with Crippen molar-refractivity contribution in [3.63, 3.8) is 0 Å². The van der Waals surface area contributed by atoms with Crippen LogP contribution in [0.1, 0.15) is 16.7 Å². The Labute approximate surface area is 126 Å². The van der Waals surface area contributed by atoms with Gasteiger partial charge in [-0.05, 0) is 36.6 Å². The fourth-order valence-electron chi connectivity index (χ4n) is 2.10. The minimum absolute atomic E-state index is 0.326. The summed E-state index contributed by atoms with van der Waals surface area (Å²) in [6.45, 7) is 5.46. The lowest BCUT2D eigenvalue weighted by molar-refractivity contribution is 0.0348. The minimum Gasteiger partial charge on any atom is -0.389 e. The molecule has 0 bridgehead atoms. The third-order valence-corrected chi connectivity index (χ3v) is 3.34. The number of nitrogens with one attached hydrogen (secondary N) is 1. The van der Waals surface area contributed by atoms with Gasteiger partial charge in [0.15, 0.2) is 0 Å². The first-order chi connectivity index (χ1) is 10.1. The maximum atomic E-state index is 9.96. The number of aliphatic hydroxyl groups excluding tert-OH is 1. The molecule has 0 radical (unpaired) electrons. The Morgan fingerprint density at radius 3 is 2.62 bits per heavy atom. The molecule has 1 unspecified atom stereocenters.